The summed E-state index contributed by atoms with van der Waals surface area (Å²) in [7, 11) is 0. The van der Waals surface area contributed by atoms with Crippen LogP contribution in [0.25, 0.3) is 0 Å². The second kappa shape index (κ2) is 7.30. The van der Waals surface area contributed by atoms with Crippen LogP contribution < -0.4 is 10.1 Å². The molecule has 1 N–H and O–H groups in total. The van der Waals surface area contributed by atoms with Gasteiger partial charge in [0.2, 0.25) is 0 Å². The highest BCUT2D eigenvalue weighted by Gasteiger charge is 2.41. The number of hydrogen-bond donors (Lipinski definition) is 1. The molecule has 7 nitrogen and oxygen atoms in total. The summed E-state index contributed by atoms with van der Waals surface area (Å²) in [5.74, 6) is 0.534. The maximum atomic E-state index is 13.0. The number of fused-ring (bicyclic) bond motifs is 1. The third kappa shape index (κ3) is 3.37. The van der Waals surface area contributed by atoms with Gasteiger partial charge in [-0.25, -0.2) is 0 Å². The summed E-state index contributed by atoms with van der Waals surface area (Å²) in [5.41, 5.74) is 1.54. The van der Waals surface area contributed by atoms with Crippen molar-refractivity contribution in [1.29, 1.82) is 0 Å². The van der Waals surface area contributed by atoms with Crippen LogP contribution in [0.1, 0.15) is 52.6 Å². The van der Waals surface area contributed by atoms with E-state index in [1.54, 1.807) is 6.07 Å². The first-order valence-electron chi connectivity index (χ1n) is 9.91. The van der Waals surface area contributed by atoms with Gasteiger partial charge in [0.05, 0.1) is 23.4 Å². The quantitative estimate of drug-likeness (QED) is 0.884. The van der Waals surface area contributed by atoms with Crippen molar-refractivity contribution < 1.29 is 14.3 Å². The molecule has 1 aromatic carbocycles. The number of ether oxygens (including phenoxy) is 1. The van der Waals surface area contributed by atoms with Gasteiger partial charge in [0, 0.05) is 38.7 Å². The Balaban J connectivity index is 1.47. The van der Waals surface area contributed by atoms with E-state index in [4.69, 9.17) is 4.74 Å². The predicted octanol–water partition coefficient (Wildman–Crippen LogP) is 2.40. The molecule has 148 valence electrons. The van der Waals surface area contributed by atoms with Gasteiger partial charge in [-0.2, -0.15) is 5.10 Å². The Kier molecular flexibility index (Phi) is 4.83. The van der Waals surface area contributed by atoms with Crippen LogP contribution in [0, 0.1) is 6.92 Å². The van der Waals surface area contributed by atoms with Gasteiger partial charge >= 0.3 is 0 Å². The zero-order valence-corrected chi connectivity index (χ0v) is 16.4. The first-order valence-corrected chi connectivity index (χ1v) is 9.91. The lowest BCUT2D eigenvalue weighted by atomic mass is 9.90. The van der Waals surface area contributed by atoms with Crippen LogP contribution in [-0.2, 0) is 6.54 Å². The van der Waals surface area contributed by atoms with Crippen molar-refractivity contribution in [2.45, 2.75) is 45.3 Å². The highest BCUT2D eigenvalue weighted by Crippen LogP contribution is 2.33. The van der Waals surface area contributed by atoms with Gasteiger partial charge in [-0.15, -0.1) is 0 Å². The molecule has 28 heavy (non-hydrogen) atoms. The minimum absolute atomic E-state index is 0.0211. The Morgan fingerprint density at radius 3 is 2.79 bits per heavy atom. The fraction of sp³-hybridized carbons (Fsp3) is 0.476. The number of rotatable bonds is 3. The van der Waals surface area contributed by atoms with E-state index in [-0.39, 0.29) is 11.8 Å². The van der Waals surface area contributed by atoms with Crippen molar-refractivity contribution in [2.75, 3.05) is 19.6 Å². The number of nitrogens with one attached hydrogen (secondary N) is 1. The van der Waals surface area contributed by atoms with E-state index in [1.807, 2.05) is 40.9 Å². The maximum absolute atomic E-state index is 13.0. The average molecular weight is 382 g/mol. The van der Waals surface area contributed by atoms with Gasteiger partial charge in [0.1, 0.15) is 11.4 Å². The van der Waals surface area contributed by atoms with E-state index in [9.17, 15) is 9.59 Å². The molecule has 0 radical (unpaired) electrons. The lowest BCUT2D eigenvalue weighted by Gasteiger charge is -2.41. The molecule has 1 spiro atoms. The van der Waals surface area contributed by atoms with E-state index in [0.29, 0.717) is 49.4 Å². The van der Waals surface area contributed by atoms with Crippen LogP contribution in [-0.4, -0.2) is 51.7 Å². The fourth-order valence-corrected chi connectivity index (χ4v) is 3.99. The van der Waals surface area contributed by atoms with E-state index >= 15 is 0 Å². The molecule has 1 fully saturated rings. The van der Waals surface area contributed by atoms with Crippen molar-refractivity contribution in [3.05, 3.63) is 47.3 Å². The number of piperidine rings is 1. The van der Waals surface area contributed by atoms with Crippen molar-refractivity contribution in [3.8, 4) is 5.75 Å². The third-order valence-corrected chi connectivity index (χ3v) is 5.62. The Bertz CT molecular complexity index is 897. The Labute approximate surface area is 164 Å². The summed E-state index contributed by atoms with van der Waals surface area (Å²) in [4.78, 5) is 27.2. The number of benzene rings is 1. The number of aromatic nitrogens is 2. The molecule has 4 rings (SSSR count). The lowest BCUT2D eigenvalue weighted by Crippen LogP contribution is -2.54. The monoisotopic (exact) mass is 382 g/mol. The Hall–Kier alpha value is -2.83. The fourth-order valence-electron chi connectivity index (χ4n) is 3.99. The maximum Gasteiger partial charge on any atom is 0.257 e. The molecule has 2 aromatic rings. The van der Waals surface area contributed by atoms with Crippen molar-refractivity contribution in [3.63, 3.8) is 0 Å². The van der Waals surface area contributed by atoms with Gasteiger partial charge in [-0.3, -0.25) is 14.3 Å². The molecule has 1 saturated heterocycles. The van der Waals surface area contributed by atoms with E-state index in [2.05, 4.69) is 17.3 Å². The number of nitrogens with zero attached hydrogens (tertiary/aromatic N) is 3. The van der Waals surface area contributed by atoms with Crippen LogP contribution >= 0.6 is 0 Å². The minimum Gasteiger partial charge on any atom is -0.484 e. The van der Waals surface area contributed by atoms with Crippen molar-refractivity contribution >= 4 is 11.8 Å². The second-order valence-corrected chi connectivity index (χ2v) is 7.65. The van der Waals surface area contributed by atoms with Crippen LogP contribution in [0.2, 0.25) is 0 Å². The summed E-state index contributed by atoms with van der Waals surface area (Å²) in [6.07, 6.45) is 4.18. The molecule has 0 unspecified atom stereocenters. The van der Waals surface area contributed by atoms with Gasteiger partial charge < -0.3 is 15.0 Å². The lowest BCUT2D eigenvalue weighted by molar-refractivity contribution is 0.00769. The Morgan fingerprint density at radius 1 is 1.29 bits per heavy atom. The van der Waals surface area contributed by atoms with E-state index in [1.165, 1.54) is 0 Å². The smallest absolute Gasteiger partial charge is 0.257 e. The van der Waals surface area contributed by atoms with Gasteiger partial charge in [-0.05, 0) is 25.5 Å². The van der Waals surface area contributed by atoms with E-state index in [0.717, 1.165) is 18.7 Å². The number of carbonyl (C=O) groups excluding carboxylic acids is 2. The number of para-hydroxylation sites is 1. The number of likely N-dealkylation sites (tertiary alicyclic amines) is 1. The zero-order chi connectivity index (χ0) is 19.7. The summed E-state index contributed by atoms with van der Waals surface area (Å²) in [6.45, 7) is 6.42. The SMILES string of the molecule is CCCn1cc(C(=O)N2CCC3(CC2)CNC(=O)c2ccccc2O3)c(C)n1. The number of carbonyl (C=O) groups is 2. The van der Waals surface area contributed by atoms with Gasteiger partial charge in [0.15, 0.2) is 0 Å². The number of amides is 2. The van der Waals surface area contributed by atoms with Crippen molar-refractivity contribution in [2.24, 2.45) is 0 Å². The van der Waals surface area contributed by atoms with Crippen LogP contribution in [0.15, 0.2) is 30.5 Å². The first kappa shape index (κ1) is 18.5. The highest BCUT2D eigenvalue weighted by molar-refractivity contribution is 5.97. The molecule has 2 amide bonds. The van der Waals surface area contributed by atoms with Crippen molar-refractivity contribution in [1.82, 2.24) is 20.0 Å². The first-order chi connectivity index (χ1) is 13.5. The van der Waals surface area contributed by atoms with Gasteiger partial charge in [-0.1, -0.05) is 19.1 Å². The van der Waals surface area contributed by atoms with Crippen LogP contribution in [0.5, 0.6) is 5.75 Å². The molecular weight excluding hydrogens is 356 g/mol. The number of aryl methyl sites for hydroxylation is 2. The molecule has 2 aliphatic rings. The predicted molar refractivity (Wildman–Crippen MR) is 105 cm³/mol. The summed E-state index contributed by atoms with van der Waals surface area (Å²) in [5, 5.41) is 7.43. The summed E-state index contributed by atoms with van der Waals surface area (Å²) >= 11 is 0. The zero-order valence-electron chi connectivity index (χ0n) is 16.4. The molecule has 0 bridgehead atoms. The third-order valence-electron chi connectivity index (χ3n) is 5.62. The molecule has 1 aromatic heterocycles. The molecule has 0 aliphatic carbocycles. The molecular formula is C21H26N4O3. The standard InChI is InChI=1S/C21H26N4O3/c1-3-10-25-13-17(15(2)23-25)20(27)24-11-8-21(9-12-24)14-22-19(26)16-6-4-5-7-18(16)28-21/h4-7,13H,3,8-12,14H2,1-2H3,(H,22,26). The minimum atomic E-state index is -0.472. The molecule has 2 aliphatic heterocycles. The summed E-state index contributed by atoms with van der Waals surface area (Å²) < 4.78 is 8.15. The summed E-state index contributed by atoms with van der Waals surface area (Å²) in [6, 6.07) is 7.33. The van der Waals surface area contributed by atoms with Crippen LogP contribution in [0.3, 0.4) is 0 Å². The van der Waals surface area contributed by atoms with E-state index < -0.39 is 5.60 Å². The Morgan fingerprint density at radius 2 is 2.04 bits per heavy atom. The van der Waals surface area contributed by atoms with Gasteiger partial charge in [0.25, 0.3) is 11.8 Å². The second-order valence-electron chi connectivity index (χ2n) is 7.65. The molecule has 3 heterocycles. The largest absolute Gasteiger partial charge is 0.484 e. The number of hydrogen-bond acceptors (Lipinski definition) is 4. The topological polar surface area (TPSA) is 76.5 Å². The molecule has 7 heteroatoms. The molecule has 0 atom stereocenters. The average Bonchev–Trinajstić information content (AvgIpc) is 3.00. The van der Waals surface area contributed by atoms with Crippen LogP contribution in [0.4, 0.5) is 0 Å². The molecule has 0 saturated carbocycles. The normalized spacial score (nSPS) is 18.2. The highest BCUT2D eigenvalue weighted by atomic mass is 16.5.